The lowest BCUT2D eigenvalue weighted by molar-refractivity contribution is -0.183. The number of thiophene rings is 1. The molecule has 0 fully saturated rings. The molecule has 4 aromatic carbocycles. The van der Waals surface area contributed by atoms with Crippen molar-refractivity contribution < 1.29 is 18.9 Å². The highest BCUT2D eigenvalue weighted by Gasteiger charge is 2.38. The molecule has 5 aromatic rings. The molecule has 0 saturated carbocycles. The molecule has 1 aromatic heterocycles. The maximum atomic E-state index is 6.19. The second-order valence-corrected chi connectivity index (χ2v) is 9.03. The zero-order chi connectivity index (χ0) is 23.7. The average molecular weight is 471 g/mol. The van der Waals surface area contributed by atoms with Crippen LogP contribution in [0.3, 0.4) is 0 Å². The molecule has 0 aliphatic rings. The van der Waals surface area contributed by atoms with Crippen molar-refractivity contribution in [2.24, 2.45) is 0 Å². The number of ether oxygens (including phenoxy) is 4. The lowest BCUT2D eigenvalue weighted by Crippen LogP contribution is -2.33. The molecule has 0 N–H and O–H groups in total. The van der Waals surface area contributed by atoms with Crippen molar-refractivity contribution in [3.63, 3.8) is 0 Å². The molecule has 0 radical (unpaired) electrons. The maximum Gasteiger partial charge on any atom is 0.222 e. The van der Waals surface area contributed by atoms with Crippen LogP contribution in [0.15, 0.2) is 84.9 Å². The molecular weight excluding hydrogens is 444 g/mol. The molecule has 172 valence electrons. The van der Waals surface area contributed by atoms with Crippen LogP contribution >= 0.6 is 11.3 Å². The summed E-state index contributed by atoms with van der Waals surface area (Å²) in [6, 6.07) is 28.8. The molecule has 0 spiro atoms. The van der Waals surface area contributed by atoms with E-state index in [0.717, 1.165) is 33.8 Å². The molecule has 0 atom stereocenters. The van der Waals surface area contributed by atoms with Gasteiger partial charge >= 0.3 is 0 Å². The largest absolute Gasteiger partial charge is 0.497 e. The third-order valence-corrected chi connectivity index (χ3v) is 7.46. The van der Waals surface area contributed by atoms with Gasteiger partial charge in [-0.3, -0.25) is 0 Å². The van der Waals surface area contributed by atoms with Gasteiger partial charge in [0.1, 0.15) is 11.5 Å². The van der Waals surface area contributed by atoms with E-state index in [4.69, 9.17) is 18.9 Å². The smallest absolute Gasteiger partial charge is 0.222 e. The van der Waals surface area contributed by atoms with Crippen LogP contribution in [0.5, 0.6) is 11.5 Å². The van der Waals surface area contributed by atoms with Crippen LogP contribution in [0.1, 0.15) is 11.1 Å². The summed E-state index contributed by atoms with van der Waals surface area (Å²) < 4.78 is 25.6. The lowest BCUT2D eigenvalue weighted by Gasteiger charge is -2.34. The molecule has 5 rings (SSSR count). The molecular formula is C29H26O4S. The van der Waals surface area contributed by atoms with Crippen LogP contribution in [-0.4, -0.2) is 28.4 Å². The Kier molecular flexibility index (Phi) is 6.00. The number of hydrogen-bond donors (Lipinski definition) is 0. The van der Waals surface area contributed by atoms with Gasteiger partial charge in [-0.15, -0.1) is 11.3 Å². The Labute approximate surface area is 203 Å². The fourth-order valence-electron chi connectivity index (χ4n) is 4.65. The second-order valence-electron chi connectivity index (χ2n) is 7.94. The standard InChI is InChI=1S/C29H26O4S/c1-30-21-13-9-19(10-14-21)27-24(17-18-26-28(27)23-7-5-6-8-25(23)34-26)29(32-3,33-4)20-11-15-22(31-2)16-12-20/h5-18H,1-4H3. The Hall–Kier alpha value is -3.38. The van der Waals surface area contributed by atoms with E-state index in [0.29, 0.717) is 0 Å². The van der Waals surface area contributed by atoms with Crippen LogP contribution in [0.25, 0.3) is 31.3 Å². The van der Waals surface area contributed by atoms with Crippen molar-refractivity contribution in [2.75, 3.05) is 28.4 Å². The molecule has 4 nitrogen and oxygen atoms in total. The minimum Gasteiger partial charge on any atom is -0.497 e. The van der Waals surface area contributed by atoms with Gasteiger partial charge in [-0.2, -0.15) is 0 Å². The van der Waals surface area contributed by atoms with Gasteiger partial charge in [0, 0.05) is 45.5 Å². The molecule has 0 unspecified atom stereocenters. The van der Waals surface area contributed by atoms with Crippen molar-refractivity contribution in [2.45, 2.75) is 5.79 Å². The van der Waals surface area contributed by atoms with Gasteiger partial charge in [0.2, 0.25) is 5.79 Å². The van der Waals surface area contributed by atoms with Gasteiger partial charge < -0.3 is 18.9 Å². The van der Waals surface area contributed by atoms with Crippen molar-refractivity contribution in [3.05, 3.63) is 96.1 Å². The first kappa shape index (κ1) is 22.4. The highest BCUT2D eigenvalue weighted by molar-refractivity contribution is 7.25. The highest BCUT2D eigenvalue weighted by Crippen LogP contribution is 2.47. The third kappa shape index (κ3) is 3.53. The Balaban J connectivity index is 1.87. The van der Waals surface area contributed by atoms with E-state index in [1.807, 2.05) is 36.4 Å². The van der Waals surface area contributed by atoms with E-state index in [2.05, 4.69) is 48.5 Å². The second kappa shape index (κ2) is 9.11. The lowest BCUT2D eigenvalue weighted by atomic mass is 9.87. The Morgan fingerprint density at radius 3 is 1.85 bits per heavy atom. The summed E-state index contributed by atoms with van der Waals surface area (Å²) in [6.07, 6.45) is 0. The number of hydrogen-bond acceptors (Lipinski definition) is 5. The monoisotopic (exact) mass is 470 g/mol. The zero-order valence-electron chi connectivity index (χ0n) is 19.6. The van der Waals surface area contributed by atoms with Gasteiger partial charge in [0.05, 0.1) is 14.2 Å². The van der Waals surface area contributed by atoms with E-state index in [-0.39, 0.29) is 0 Å². The van der Waals surface area contributed by atoms with Gasteiger partial charge in [-0.05, 0) is 59.7 Å². The summed E-state index contributed by atoms with van der Waals surface area (Å²) in [5.41, 5.74) is 3.96. The van der Waals surface area contributed by atoms with E-state index in [1.54, 1.807) is 39.8 Å². The van der Waals surface area contributed by atoms with Crippen molar-refractivity contribution in [1.82, 2.24) is 0 Å². The Morgan fingerprint density at radius 2 is 1.24 bits per heavy atom. The van der Waals surface area contributed by atoms with E-state index < -0.39 is 5.79 Å². The van der Waals surface area contributed by atoms with Crippen molar-refractivity contribution in [1.29, 1.82) is 0 Å². The van der Waals surface area contributed by atoms with E-state index in [9.17, 15) is 0 Å². The zero-order valence-corrected chi connectivity index (χ0v) is 20.4. The van der Waals surface area contributed by atoms with Gasteiger partial charge in [-0.25, -0.2) is 0 Å². The molecule has 5 heteroatoms. The Morgan fingerprint density at radius 1 is 0.618 bits per heavy atom. The summed E-state index contributed by atoms with van der Waals surface area (Å²) >= 11 is 1.79. The van der Waals surface area contributed by atoms with Crippen molar-refractivity contribution in [3.8, 4) is 22.6 Å². The minimum absolute atomic E-state index is 0.777. The van der Waals surface area contributed by atoms with Crippen molar-refractivity contribution >= 4 is 31.5 Å². The molecule has 0 aliphatic heterocycles. The number of methoxy groups -OCH3 is 4. The van der Waals surface area contributed by atoms with Crippen LogP contribution in [0, 0.1) is 0 Å². The topological polar surface area (TPSA) is 36.9 Å². The number of benzene rings is 4. The predicted molar refractivity (Wildman–Crippen MR) is 139 cm³/mol. The molecule has 0 aliphatic carbocycles. The third-order valence-electron chi connectivity index (χ3n) is 6.32. The summed E-state index contributed by atoms with van der Waals surface area (Å²) in [5.74, 6) is 0.478. The van der Waals surface area contributed by atoms with Crippen LogP contribution < -0.4 is 9.47 Å². The van der Waals surface area contributed by atoms with Crippen LogP contribution in [0.2, 0.25) is 0 Å². The minimum atomic E-state index is -1.11. The first-order valence-corrected chi connectivity index (χ1v) is 11.8. The quantitative estimate of drug-likeness (QED) is 0.235. The van der Waals surface area contributed by atoms with Gasteiger partial charge in [0.25, 0.3) is 0 Å². The molecule has 1 heterocycles. The summed E-state index contributed by atoms with van der Waals surface area (Å²) in [7, 11) is 6.70. The van der Waals surface area contributed by atoms with Gasteiger partial charge in [-0.1, -0.05) is 36.4 Å². The summed E-state index contributed by atoms with van der Waals surface area (Å²) in [4.78, 5) is 0. The molecule has 34 heavy (non-hydrogen) atoms. The van der Waals surface area contributed by atoms with Crippen LogP contribution in [0.4, 0.5) is 0 Å². The van der Waals surface area contributed by atoms with Crippen LogP contribution in [-0.2, 0) is 15.3 Å². The fraction of sp³-hybridized carbons (Fsp3) is 0.172. The highest BCUT2D eigenvalue weighted by atomic mass is 32.1. The average Bonchev–Trinajstić information content (AvgIpc) is 3.29. The van der Waals surface area contributed by atoms with Gasteiger partial charge in [0.15, 0.2) is 0 Å². The van der Waals surface area contributed by atoms with E-state index in [1.165, 1.54) is 20.2 Å². The molecule has 0 bridgehead atoms. The number of rotatable bonds is 7. The Bertz CT molecular complexity index is 1430. The molecule has 0 amide bonds. The predicted octanol–water partition coefficient (Wildman–Crippen LogP) is 7.23. The first-order chi connectivity index (χ1) is 16.6. The maximum absolute atomic E-state index is 6.19. The summed E-state index contributed by atoms with van der Waals surface area (Å²) in [6.45, 7) is 0. The number of fused-ring (bicyclic) bond motifs is 3. The van der Waals surface area contributed by atoms with E-state index >= 15 is 0 Å². The molecule has 0 saturated heterocycles. The SMILES string of the molecule is COc1ccc(-c2c(C(OC)(OC)c3ccc(OC)cc3)ccc3sc4ccccc4c23)cc1. The fourth-order valence-corrected chi connectivity index (χ4v) is 5.77. The first-order valence-electron chi connectivity index (χ1n) is 11.0. The summed E-state index contributed by atoms with van der Waals surface area (Å²) in [5, 5.41) is 2.40. The normalized spacial score (nSPS) is 11.8.